The van der Waals surface area contributed by atoms with Crippen LogP contribution in [0.1, 0.15) is 31.8 Å². The smallest absolute Gasteiger partial charge is 0.263 e. The van der Waals surface area contributed by atoms with Gasteiger partial charge in [-0.2, -0.15) is 0 Å². The van der Waals surface area contributed by atoms with Gasteiger partial charge in [-0.3, -0.25) is 14.3 Å². The molecule has 0 aliphatic carbocycles. The summed E-state index contributed by atoms with van der Waals surface area (Å²) in [5, 5.41) is 5.54. The molecule has 4 aromatic carbocycles. The SMILES string of the molecule is COc1ccc(CCNC(=O)c2ccccc2NC(=O)c2ccc(Cl)c(S(=O)(=O)Nc3ccccc3C)c2)cc1OC. The number of nitrogens with one attached hydrogen (secondary N) is 3. The number of benzene rings is 4. The number of carbonyl (C=O) groups is 2. The van der Waals surface area contributed by atoms with E-state index >= 15 is 0 Å². The van der Waals surface area contributed by atoms with E-state index in [-0.39, 0.29) is 32.6 Å². The Hall–Kier alpha value is -4.54. The summed E-state index contributed by atoms with van der Waals surface area (Å²) >= 11 is 6.23. The highest BCUT2D eigenvalue weighted by molar-refractivity contribution is 7.92. The van der Waals surface area contributed by atoms with Crippen LogP contribution < -0.4 is 24.8 Å². The third kappa shape index (κ3) is 7.20. The van der Waals surface area contributed by atoms with E-state index in [2.05, 4.69) is 15.4 Å². The molecule has 4 aromatic rings. The Balaban J connectivity index is 1.46. The van der Waals surface area contributed by atoms with Gasteiger partial charge in [-0.1, -0.05) is 48.0 Å². The number of ether oxygens (including phenoxy) is 2. The number of rotatable bonds is 11. The van der Waals surface area contributed by atoms with Crippen LogP contribution in [0.15, 0.2) is 89.8 Å². The van der Waals surface area contributed by atoms with Crippen LogP contribution in [0.4, 0.5) is 11.4 Å². The molecule has 4 rings (SSSR count). The summed E-state index contributed by atoms with van der Waals surface area (Å²) in [6.07, 6.45) is 0.541. The zero-order valence-corrected chi connectivity index (χ0v) is 24.8. The number of hydrogen-bond acceptors (Lipinski definition) is 6. The molecule has 0 saturated carbocycles. The average molecular weight is 608 g/mol. The summed E-state index contributed by atoms with van der Waals surface area (Å²) in [5.41, 5.74) is 2.64. The number of amides is 2. The molecule has 3 N–H and O–H groups in total. The molecule has 218 valence electrons. The van der Waals surface area contributed by atoms with Crippen LogP contribution >= 0.6 is 11.6 Å². The standard InChI is InChI=1S/C31H30ClN3O6S/c1-20-8-4-6-10-25(20)35-42(38,39)29-19-22(13-14-24(29)32)30(36)34-26-11-7-5-9-23(26)31(37)33-17-16-21-12-15-27(40-2)28(18-21)41-3/h4-15,18-19,35H,16-17H2,1-3H3,(H,33,37)(H,34,36). The van der Waals surface area contributed by atoms with E-state index in [9.17, 15) is 18.0 Å². The summed E-state index contributed by atoms with van der Waals surface area (Å²) < 4.78 is 39.4. The van der Waals surface area contributed by atoms with Gasteiger partial charge in [0, 0.05) is 12.1 Å². The minimum absolute atomic E-state index is 0.0399. The summed E-state index contributed by atoms with van der Waals surface area (Å²) in [5.74, 6) is 0.221. The number of hydrogen-bond donors (Lipinski definition) is 3. The van der Waals surface area contributed by atoms with Gasteiger partial charge in [0.2, 0.25) is 0 Å². The highest BCUT2D eigenvalue weighted by Crippen LogP contribution is 2.28. The van der Waals surface area contributed by atoms with Crippen molar-refractivity contribution < 1.29 is 27.5 Å². The minimum Gasteiger partial charge on any atom is -0.493 e. The maximum absolute atomic E-state index is 13.2. The van der Waals surface area contributed by atoms with Gasteiger partial charge in [0.05, 0.1) is 36.2 Å². The molecule has 0 bridgehead atoms. The van der Waals surface area contributed by atoms with Gasteiger partial charge in [0.1, 0.15) is 4.90 Å². The Kier molecular flexibility index (Phi) is 9.72. The number of methoxy groups -OCH3 is 2. The molecular formula is C31H30ClN3O6S. The summed E-state index contributed by atoms with van der Waals surface area (Å²) in [6.45, 7) is 2.11. The van der Waals surface area contributed by atoms with E-state index in [1.807, 2.05) is 12.1 Å². The van der Waals surface area contributed by atoms with Crippen molar-refractivity contribution in [1.82, 2.24) is 5.32 Å². The predicted octanol–water partition coefficient (Wildman–Crippen LogP) is 5.69. The number of para-hydroxylation sites is 2. The lowest BCUT2D eigenvalue weighted by Gasteiger charge is -2.14. The quantitative estimate of drug-likeness (QED) is 0.201. The van der Waals surface area contributed by atoms with Crippen LogP contribution in [0.2, 0.25) is 5.02 Å². The van der Waals surface area contributed by atoms with Crippen LogP contribution in [0.3, 0.4) is 0 Å². The zero-order chi connectivity index (χ0) is 30.3. The molecule has 0 saturated heterocycles. The van der Waals surface area contributed by atoms with Gasteiger partial charge < -0.3 is 20.1 Å². The van der Waals surface area contributed by atoms with Crippen molar-refractivity contribution in [3.63, 3.8) is 0 Å². The highest BCUT2D eigenvalue weighted by Gasteiger charge is 2.22. The largest absolute Gasteiger partial charge is 0.493 e. The molecule has 0 atom stereocenters. The second-order valence-electron chi connectivity index (χ2n) is 9.26. The van der Waals surface area contributed by atoms with E-state index in [1.165, 1.54) is 18.2 Å². The lowest BCUT2D eigenvalue weighted by atomic mass is 10.1. The van der Waals surface area contributed by atoms with Crippen LogP contribution in [0, 0.1) is 6.92 Å². The van der Waals surface area contributed by atoms with Crippen LogP contribution in [-0.4, -0.2) is 41.0 Å². The average Bonchev–Trinajstić information content (AvgIpc) is 2.98. The molecule has 9 nitrogen and oxygen atoms in total. The Bertz CT molecular complexity index is 1730. The van der Waals surface area contributed by atoms with Crippen LogP contribution in [-0.2, 0) is 16.4 Å². The van der Waals surface area contributed by atoms with Gasteiger partial charge in [0.15, 0.2) is 11.5 Å². The van der Waals surface area contributed by atoms with Gasteiger partial charge in [-0.15, -0.1) is 0 Å². The Labute approximate surface area is 249 Å². The van der Waals surface area contributed by atoms with Gasteiger partial charge in [-0.25, -0.2) is 8.42 Å². The first-order chi connectivity index (χ1) is 20.1. The molecule has 42 heavy (non-hydrogen) atoms. The Morgan fingerprint density at radius 2 is 1.50 bits per heavy atom. The lowest BCUT2D eigenvalue weighted by Crippen LogP contribution is -2.27. The van der Waals surface area contributed by atoms with E-state index < -0.39 is 15.9 Å². The molecule has 0 spiro atoms. The molecule has 0 fully saturated rings. The molecule has 0 aliphatic rings. The van der Waals surface area contributed by atoms with Crippen molar-refractivity contribution in [3.8, 4) is 11.5 Å². The number of carbonyl (C=O) groups excluding carboxylic acids is 2. The maximum Gasteiger partial charge on any atom is 0.263 e. The minimum atomic E-state index is -4.10. The molecule has 0 radical (unpaired) electrons. The topological polar surface area (TPSA) is 123 Å². The molecule has 0 unspecified atom stereocenters. The monoisotopic (exact) mass is 607 g/mol. The lowest BCUT2D eigenvalue weighted by molar-refractivity contribution is 0.0955. The number of aryl methyl sites for hydroxylation is 1. The second-order valence-corrected chi connectivity index (χ2v) is 11.3. The fraction of sp³-hybridized carbons (Fsp3) is 0.161. The van der Waals surface area contributed by atoms with E-state index in [1.54, 1.807) is 75.7 Å². The maximum atomic E-state index is 13.2. The van der Waals surface area contributed by atoms with Crippen LogP contribution in [0.5, 0.6) is 11.5 Å². The van der Waals surface area contributed by atoms with E-state index in [4.69, 9.17) is 21.1 Å². The highest BCUT2D eigenvalue weighted by atomic mass is 35.5. The van der Waals surface area contributed by atoms with E-state index in [0.29, 0.717) is 30.2 Å². The Morgan fingerprint density at radius 1 is 0.810 bits per heavy atom. The van der Waals surface area contributed by atoms with Gasteiger partial charge >= 0.3 is 0 Å². The van der Waals surface area contributed by atoms with Crippen molar-refractivity contribution in [2.75, 3.05) is 30.8 Å². The first-order valence-electron chi connectivity index (χ1n) is 12.9. The predicted molar refractivity (Wildman–Crippen MR) is 163 cm³/mol. The number of halogens is 1. The van der Waals surface area contributed by atoms with E-state index in [0.717, 1.165) is 11.1 Å². The summed E-state index contributed by atoms with van der Waals surface area (Å²) in [4.78, 5) is 25.9. The molecule has 0 aromatic heterocycles. The fourth-order valence-corrected chi connectivity index (χ4v) is 5.83. The van der Waals surface area contributed by atoms with Crippen molar-refractivity contribution in [1.29, 1.82) is 0 Å². The van der Waals surface area contributed by atoms with Crippen molar-refractivity contribution in [3.05, 3.63) is 112 Å². The normalized spacial score (nSPS) is 11.0. The number of anilines is 2. The first-order valence-corrected chi connectivity index (χ1v) is 14.8. The third-order valence-corrected chi connectivity index (χ3v) is 8.29. The molecular weight excluding hydrogens is 578 g/mol. The summed E-state index contributed by atoms with van der Waals surface area (Å²) in [7, 11) is -0.982. The first kappa shape index (κ1) is 30.4. The number of sulfonamides is 1. The van der Waals surface area contributed by atoms with Gasteiger partial charge in [-0.05, 0) is 73.0 Å². The Morgan fingerprint density at radius 3 is 2.21 bits per heavy atom. The third-order valence-electron chi connectivity index (χ3n) is 6.44. The summed E-state index contributed by atoms with van der Waals surface area (Å²) in [6, 6.07) is 22.9. The van der Waals surface area contributed by atoms with Crippen LogP contribution in [0.25, 0.3) is 0 Å². The fourth-order valence-electron chi connectivity index (χ4n) is 4.17. The van der Waals surface area contributed by atoms with Crippen molar-refractivity contribution >= 4 is 44.8 Å². The van der Waals surface area contributed by atoms with Crippen molar-refractivity contribution in [2.45, 2.75) is 18.2 Å². The van der Waals surface area contributed by atoms with Gasteiger partial charge in [0.25, 0.3) is 21.8 Å². The second kappa shape index (κ2) is 13.4. The van der Waals surface area contributed by atoms with Crippen molar-refractivity contribution in [2.24, 2.45) is 0 Å². The molecule has 11 heteroatoms. The molecule has 0 aliphatic heterocycles. The zero-order valence-electron chi connectivity index (χ0n) is 23.2. The molecule has 2 amide bonds. The molecule has 0 heterocycles.